The van der Waals surface area contributed by atoms with E-state index in [9.17, 15) is 4.39 Å². The molecule has 0 unspecified atom stereocenters. The van der Waals surface area contributed by atoms with E-state index in [1.54, 1.807) is 25.3 Å². The van der Waals surface area contributed by atoms with Gasteiger partial charge in [-0.2, -0.15) is 5.10 Å². The van der Waals surface area contributed by atoms with E-state index in [2.05, 4.69) is 15.1 Å². The number of amidine groups is 1. The predicted octanol–water partition coefficient (Wildman–Crippen LogP) is 3.55. The molecule has 0 aliphatic rings. The molecule has 146 valence electrons. The molecule has 0 fully saturated rings. The molecule has 0 aliphatic carbocycles. The monoisotopic (exact) mass is 389 g/mol. The van der Waals surface area contributed by atoms with E-state index in [-0.39, 0.29) is 11.7 Å². The van der Waals surface area contributed by atoms with Crippen molar-refractivity contribution in [2.45, 2.75) is 6.42 Å². The third-order valence-electron chi connectivity index (χ3n) is 4.81. The summed E-state index contributed by atoms with van der Waals surface area (Å²) >= 11 is 0. The Bertz CT molecular complexity index is 1200. The first-order valence-electron chi connectivity index (χ1n) is 9.03. The number of nitrogens with two attached hydrogens (primary N) is 2. The lowest BCUT2D eigenvalue weighted by Crippen LogP contribution is -2.17. The molecule has 0 bridgehead atoms. The van der Waals surface area contributed by atoms with Gasteiger partial charge in [0.05, 0.1) is 12.8 Å². The fourth-order valence-corrected chi connectivity index (χ4v) is 3.38. The second-order valence-electron chi connectivity index (χ2n) is 6.60. The molecule has 0 spiro atoms. The number of pyridine rings is 1. The number of methoxy groups -OCH3 is 1. The van der Waals surface area contributed by atoms with Gasteiger partial charge in [-0.1, -0.05) is 6.07 Å². The van der Waals surface area contributed by atoms with Gasteiger partial charge in [0, 0.05) is 29.1 Å². The molecule has 4 aromatic rings. The largest absolute Gasteiger partial charge is 0.497 e. The van der Waals surface area contributed by atoms with Crippen LogP contribution in [0.15, 0.2) is 65.8 Å². The second-order valence-corrected chi connectivity index (χ2v) is 6.60. The minimum atomic E-state index is -0.279. The van der Waals surface area contributed by atoms with Crippen LogP contribution >= 0.6 is 0 Å². The van der Waals surface area contributed by atoms with Crippen molar-refractivity contribution in [3.05, 3.63) is 83.4 Å². The van der Waals surface area contributed by atoms with Crippen molar-refractivity contribution in [2.24, 2.45) is 16.7 Å². The minimum Gasteiger partial charge on any atom is -0.497 e. The van der Waals surface area contributed by atoms with Crippen LogP contribution in [0, 0.1) is 5.82 Å². The number of halogens is 1. The fraction of sp³-hybridized carbons (Fsp3) is 0.0909. The van der Waals surface area contributed by atoms with E-state index in [0.29, 0.717) is 12.1 Å². The Morgan fingerprint density at radius 3 is 2.66 bits per heavy atom. The van der Waals surface area contributed by atoms with Crippen molar-refractivity contribution in [1.29, 1.82) is 0 Å². The topological polar surface area (TPSA) is 102 Å². The minimum absolute atomic E-state index is 0.175. The van der Waals surface area contributed by atoms with Gasteiger partial charge in [0.2, 0.25) is 0 Å². The number of H-pyrrole nitrogens is 1. The summed E-state index contributed by atoms with van der Waals surface area (Å²) in [7, 11) is 1.63. The smallest absolute Gasteiger partial charge is 0.168 e. The Labute approximate surface area is 167 Å². The summed E-state index contributed by atoms with van der Waals surface area (Å²) in [5.74, 6) is 5.93. The molecule has 0 radical (unpaired) electrons. The molecule has 0 aliphatic heterocycles. The second kappa shape index (κ2) is 7.63. The van der Waals surface area contributed by atoms with E-state index in [1.165, 1.54) is 12.1 Å². The van der Waals surface area contributed by atoms with E-state index < -0.39 is 0 Å². The van der Waals surface area contributed by atoms with Gasteiger partial charge < -0.3 is 21.3 Å². The van der Waals surface area contributed by atoms with Gasteiger partial charge in [-0.3, -0.25) is 0 Å². The molecular formula is C22H20FN5O. The van der Waals surface area contributed by atoms with Crippen molar-refractivity contribution in [2.75, 3.05) is 7.11 Å². The molecule has 2 heterocycles. The number of rotatable bonds is 5. The number of nitrogens with one attached hydrogen (secondary N) is 1. The average molecular weight is 389 g/mol. The highest BCUT2D eigenvalue weighted by Gasteiger charge is 2.16. The first-order chi connectivity index (χ1) is 14.1. The molecule has 0 atom stereocenters. The van der Waals surface area contributed by atoms with Gasteiger partial charge in [-0.15, -0.1) is 0 Å². The zero-order chi connectivity index (χ0) is 20.4. The SMILES string of the molecule is COc1ccc2c(Cc3cccc(/C(N)=N/N)n3)c(-c3ccc(F)cc3)[nH]c2c1. The highest BCUT2D eigenvalue weighted by Crippen LogP contribution is 2.33. The average Bonchev–Trinajstić information content (AvgIpc) is 3.11. The maximum atomic E-state index is 13.4. The molecular weight excluding hydrogens is 369 g/mol. The summed E-state index contributed by atoms with van der Waals surface area (Å²) in [6.07, 6.45) is 0.546. The lowest BCUT2D eigenvalue weighted by atomic mass is 10.0. The van der Waals surface area contributed by atoms with Gasteiger partial charge in [0.25, 0.3) is 0 Å². The Morgan fingerprint density at radius 2 is 1.93 bits per heavy atom. The van der Waals surface area contributed by atoms with Crippen LogP contribution in [0.5, 0.6) is 5.75 Å². The van der Waals surface area contributed by atoms with Crippen LogP contribution in [0.1, 0.15) is 17.0 Å². The van der Waals surface area contributed by atoms with E-state index >= 15 is 0 Å². The zero-order valence-electron chi connectivity index (χ0n) is 15.8. The number of benzene rings is 2. The molecule has 0 saturated heterocycles. The maximum absolute atomic E-state index is 13.4. The number of hydrogen-bond acceptors (Lipinski definition) is 4. The summed E-state index contributed by atoms with van der Waals surface area (Å²) in [6.45, 7) is 0. The zero-order valence-corrected chi connectivity index (χ0v) is 15.8. The van der Waals surface area contributed by atoms with Crippen LogP contribution in [0.25, 0.3) is 22.2 Å². The van der Waals surface area contributed by atoms with E-state index in [0.717, 1.165) is 39.2 Å². The summed E-state index contributed by atoms with van der Waals surface area (Å²) in [5.41, 5.74) is 10.9. The van der Waals surface area contributed by atoms with Gasteiger partial charge in [-0.25, -0.2) is 9.37 Å². The Hall–Kier alpha value is -3.87. The first-order valence-corrected chi connectivity index (χ1v) is 9.03. The normalized spacial score (nSPS) is 11.7. The first kappa shape index (κ1) is 18.5. The number of hydrogen-bond donors (Lipinski definition) is 3. The van der Waals surface area contributed by atoms with Gasteiger partial charge >= 0.3 is 0 Å². The predicted molar refractivity (Wildman–Crippen MR) is 112 cm³/mol. The van der Waals surface area contributed by atoms with Gasteiger partial charge in [0.1, 0.15) is 17.3 Å². The van der Waals surface area contributed by atoms with Crippen molar-refractivity contribution >= 4 is 16.7 Å². The summed E-state index contributed by atoms with van der Waals surface area (Å²) in [4.78, 5) is 8.02. The van der Waals surface area contributed by atoms with Crippen molar-refractivity contribution in [3.8, 4) is 17.0 Å². The molecule has 2 aromatic carbocycles. The standard InChI is InChI=1S/C22H20FN5O/c1-29-16-9-10-17-18(11-15-3-2-4-19(26-15)22(24)28-25)21(27-20(17)12-16)13-5-7-14(23)8-6-13/h2-10,12,27H,11,25H2,1H3,(H2,24,28). The summed E-state index contributed by atoms with van der Waals surface area (Å²) in [5, 5.41) is 4.56. The van der Waals surface area contributed by atoms with Crippen LogP contribution in [-0.2, 0) is 6.42 Å². The van der Waals surface area contributed by atoms with Crippen LogP contribution in [-0.4, -0.2) is 22.9 Å². The highest BCUT2D eigenvalue weighted by atomic mass is 19.1. The lowest BCUT2D eigenvalue weighted by molar-refractivity contribution is 0.415. The Balaban J connectivity index is 1.85. The maximum Gasteiger partial charge on any atom is 0.168 e. The Morgan fingerprint density at radius 1 is 1.14 bits per heavy atom. The number of aromatic nitrogens is 2. The third-order valence-corrected chi connectivity index (χ3v) is 4.81. The molecule has 0 amide bonds. The van der Waals surface area contributed by atoms with Crippen LogP contribution in [0.3, 0.4) is 0 Å². The molecule has 29 heavy (non-hydrogen) atoms. The van der Waals surface area contributed by atoms with Gasteiger partial charge in [-0.05, 0) is 59.7 Å². The lowest BCUT2D eigenvalue weighted by Gasteiger charge is -2.07. The molecule has 2 aromatic heterocycles. The number of fused-ring (bicyclic) bond motifs is 1. The summed E-state index contributed by atoms with van der Waals surface area (Å²) in [6, 6.07) is 17.8. The van der Waals surface area contributed by atoms with E-state index in [1.807, 2.05) is 30.3 Å². The van der Waals surface area contributed by atoms with Crippen LogP contribution < -0.4 is 16.3 Å². The summed E-state index contributed by atoms with van der Waals surface area (Å²) < 4.78 is 18.8. The molecule has 7 heteroatoms. The molecule has 6 nitrogen and oxygen atoms in total. The number of nitrogens with zero attached hydrogens (tertiary/aromatic N) is 2. The number of aromatic amines is 1. The number of hydrazone groups is 1. The third kappa shape index (κ3) is 3.62. The quantitative estimate of drug-likeness (QED) is 0.210. The van der Waals surface area contributed by atoms with Crippen LogP contribution in [0.4, 0.5) is 4.39 Å². The van der Waals surface area contributed by atoms with Crippen LogP contribution in [0.2, 0.25) is 0 Å². The number of ether oxygens (including phenoxy) is 1. The van der Waals surface area contributed by atoms with Crippen molar-refractivity contribution < 1.29 is 9.13 Å². The van der Waals surface area contributed by atoms with Crippen molar-refractivity contribution in [3.63, 3.8) is 0 Å². The Kier molecular flexibility index (Phi) is 4.87. The molecule has 4 rings (SSSR count). The highest BCUT2D eigenvalue weighted by molar-refractivity contribution is 5.95. The molecule has 0 saturated carbocycles. The van der Waals surface area contributed by atoms with E-state index in [4.69, 9.17) is 16.3 Å². The van der Waals surface area contributed by atoms with Crippen molar-refractivity contribution in [1.82, 2.24) is 9.97 Å². The molecule has 5 N–H and O–H groups in total. The van der Waals surface area contributed by atoms with Gasteiger partial charge in [0.15, 0.2) is 5.84 Å². The fourth-order valence-electron chi connectivity index (χ4n) is 3.38.